The topological polar surface area (TPSA) is 85.2 Å². The van der Waals surface area contributed by atoms with E-state index in [1.807, 2.05) is 6.07 Å². The van der Waals surface area contributed by atoms with Crippen molar-refractivity contribution in [3.63, 3.8) is 0 Å². The molecule has 0 radical (unpaired) electrons. The fraction of sp³-hybridized carbons (Fsp3) is 0.455. The normalized spacial score (nSPS) is 20.1. The minimum absolute atomic E-state index is 0.443. The Morgan fingerprint density at radius 3 is 2.88 bits per heavy atom. The van der Waals surface area contributed by atoms with Gasteiger partial charge in [-0.05, 0) is 31.0 Å². The van der Waals surface area contributed by atoms with Crippen molar-refractivity contribution in [3.05, 3.63) is 23.9 Å². The van der Waals surface area contributed by atoms with E-state index in [9.17, 15) is 4.79 Å². The van der Waals surface area contributed by atoms with E-state index in [0.29, 0.717) is 11.5 Å². The SMILES string of the molecule is NCC1CCN(c2ccc(C(N)=O)cn2)C1. The zero-order valence-electron chi connectivity index (χ0n) is 9.10. The van der Waals surface area contributed by atoms with Crippen LogP contribution in [0, 0.1) is 5.92 Å². The molecule has 1 aliphatic rings. The van der Waals surface area contributed by atoms with Gasteiger partial charge in [0.2, 0.25) is 5.91 Å². The third-order valence-corrected chi connectivity index (χ3v) is 2.98. The zero-order chi connectivity index (χ0) is 11.5. The van der Waals surface area contributed by atoms with Gasteiger partial charge in [-0.2, -0.15) is 0 Å². The predicted octanol–water partition coefficient (Wildman–Crippen LogP) is -0.0345. The number of carbonyl (C=O) groups is 1. The van der Waals surface area contributed by atoms with Gasteiger partial charge in [-0.1, -0.05) is 0 Å². The van der Waals surface area contributed by atoms with Gasteiger partial charge >= 0.3 is 0 Å². The smallest absolute Gasteiger partial charge is 0.250 e. The maximum Gasteiger partial charge on any atom is 0.250 e. The molecule has 0 aliphatic carbocycles. The molecule has 2 heterocycles. The number of carbonyl (C=O) groups excluding carboxylic acids is 1. The largest absolute Gasteiger partial charge is 0.366 e. The van der Waals surface area contributed by atoms with Crippen molar-refractivity contribution in [1.29, 1.82) is 0 Å². The molecule has 1 amide bonds. The fourth-order valence-electron chi connectivity index (χ4n) is 1.95. The molecule has 0 bridgehead atoms. The number of pyridine rings is 1. The lowest BCUT2D eigenvalue weighted by Gasteiger charge is -2.17. The van der Waals surface area contributed by atoms with Crippen molar-refractivity contribution in [2.45, 2.75) is 6.42 Å². The van der Waals surface area contributed by atoms with Crippen LogP contribution in [0.4, 0.5) is 5.82 Å². The molecular weight excluding hydrogens is 204 g/mol. The molecule has 5 heteroatoms. The summed E-state index contributed by atoms with van der Waals surface area (Å²) in [5, 5.41) is 0. The number of amides is 1. The number of nitrogens with zero attached hydrogens (tertiary/aromatic N) is 2. The molecule has 16 heavy (non-hydrogen) atoms. The molecule has 1 atom stereocenters. The second kappa shape index (κ2) is 4.49. The number of aromatic nitrogens is 1. The van der Waals surface area contributed by atoms with Gasteiger partial charge in [0.25, 0.3) is 0 Å². The molecular formula is C11H16N4O. The molecule has 1 saturated heterocycles. The molecule has 1 fully saturated rings. The second-order valence-corrected chi connectivity index (χ2v) is 4.11. The molecule has 2 rings (SSSR count). The van der Waals surface area contributed by atoms with Gasteiger partial charge < -0.3 is 16.4 Å². The van der Waals surface area contributed by atoms with Crippen molar-refractivity contribution in [2.75, 3.05) is 24.5 Å². The Labute approximate surface area is 94.4 Å². The van der Waals surface area contributed by atoms with E-state index in [-0.39, 0.29) is 0 Å². The molecule has 86 valence electrons. The van der Waals surface area contributed by atoms with Gasteiger partial charge in [0.05, 0.1) is 5.56 Å². The minimum Gasteiger partial charge on any atom is -0.366 e. The van der Waals surface area contributed by atoms with Crippen LogP contribution in [0.25, 0.3) is 0 Å². The van der Waals surface area contributed by atoms with E-state index in [1.54, 1.807) is 6.07 Å². The summed E-state index contributed by atoms with van der Waals surface area (Å²) in [5.41, 5.74) is 11.2. The molecule has 5 nitrogen and oxygen atoms in total. The number of nitrogens with two attached hydrogens (primary N) is 2. The minimum atomic E-state index is -0.444. The number of hydrogen-bond donors (Lipinski definition) is 2. The Hall–Kier alpha value is -1.62. The summed E-state index contributed by atoms with van der Waals surface area (Å²) in [5.74, 6) is 0.999. The highest BCUT2D eigenvalue weighted by molar-refractivity contribution is 5.92. The number of hydrogen-bond acceptors (Lipinski definition) is 4. The molecule has 1 aromatic heterocycles. The fourth-order valence-corrected chi connectivity index (χ4v) is 1.95. The van der Waals surface area contributed by atoms with E-state index in [1.165, 1.54) is 6.20 Å². The van der Waals surface area contributed by atoms with Gasteiger partial charge in [-0.15, -0.1) is 0 Å². The maximum atomic E-state index is 10.9. The molecule has 0 aromatic carbocycles. The van der Waals surface area contributed by atoms with Crippen LogP contribution in [-0.4, -0.2) is 30.5 Å². The Morgan fingerprint density at radius 1 is 1.56 bits per heavy atom. The van der Waals surface area contributed by atoms with Crippen LogP contribution < -0.4 is 16.4 Å². The van der Waals surface area contributed by atoms with Crippen molar-refractivity contribution in [2.24, 2.45) is 17.4 Å². The highest BCUT2D eigenvalue weighted by Crippen LogP contribution is 2.21. The van der Waals surface area contributed by atoms with Crippen LogP contribution in [-0.2, 0) is 0 Å². The number of primary amides is 1. The maximum absolute atomic E-state index is 10.9. The van der Waals surface area contributed by atoms with E-state index >= 15 is 0 Å². The van der Waals surface area contributed by atoms with Gasteiger partial charge in [0.15, 0.2) is 0 Å². The van der Waals surface area contributed by atoms with Gasteiger partial charge in [-0.3, -0.25) is 4.79 Å². The third-order valence-electron chi connectivity index (χ3n) is 2.98. The lowest BCUT2D eigenvalue weighted by Crippen LogP contribution is -2.23. The van der Waals surface area contributed by atoms with Crippen LogP contribution in [0.2, 0.25) is 0 Å². The molecule has 0 saturated carbocycles. The quantitative estimate of drug-likeness (QED) is 0.748. The molecule has 4 N–H and O–H groups in total. The highest BCUT2D eigenvalue weighted by atomic mass is 16.1. The summed E-state index contributed by atoms with van der Waals surface area (Å²) in [6.45, 7) is 2.64. The molecule has 1 aliphatic heterocycles. The highest BCUT2D eigenvalue weighted by Gasteiger charge is 2.22. The van der Waals surface area contributed by atoms with Crippen LogP contribution in [0.3, 0.4) is 0 Å². The van der Waals surface area contributed by atoms with Gasteiger partial charge in [0, 0.05) is 19.3 Å². The number of anilines is 1. The monoisotopic (exact) mass is 220 g/mol. The van der Waals surface area contributed by atoms with Crippen molar-refractivity contribution in [1.82, 2.24) is 4.98 Å². The van der Waals surface area contributed by atoms with Gasteiger partial charge in [-0.25, -0.2) is 4.98 Å². The summed E-state index contributed by atoms with van der Waals surface area (Å²) in [6.07, 6.45) is 2.63. The standard InChI is InChI=1S/C11H16N4O/c12-5-8-3-4-15(7-8)10-2-1-9(6-14-10)11(13)16/h1-2,6,8H,3-5,7,12H2,(H2,13,16). The lowest BCUT2D eigenvalue weighted by atomic mass is 10.1. The lowest BCUT2D eigenvalue weighted by molar-refractivity contribution is 0.1000. The summed E-state index contributed by atoms with van der Waals surface area (Å²) in [7, 11) is 0. The molecule has 1 unspecified atom stereocenters. The number of rotatable bonds is 3. The Bertz CT molecular complexity index is 376. The van der Waals surface area contributed by atoms with E-state index < -0.39 is 5.91 Å². The Balaban J connectivity index is 2.08. The van der Waals surface area contributed by atoms with E-state index in [2.05, 4.69) is 9.88 Å². The first-order valence-corrected chi connectivity index (χ1v) is 5.41. The first-order chi connectivity index (χ1) is 7.70. The summed E-state index contributed by atoms with van der Waals surface area (Å²) in [4.78, 5) is 17.3. The van der Waals surface area contributed by atoms with E-state index in [0.717, 1.165) is 31.9 Å². The van der Waals surface area contributed by atoms with Crippen LogP contribution in [0.1, 0.15) is 16.8 Å². The summed E-state index contributed by atoms with van der Waals surface area (Å²) < 4.78 is 0. The average molecular weight is 220 g/mol. The predicted molar refractivity (Wildman–Crippen MR) is 62.1 cm³/mol. The van der Waals surface area contributed by atoms with Crippen molar-refractivity contribution < 1.29 is 4.79 Å². The van der Waals surface area contributed by atoms with Crippen LogP contribution in [0.5, 0.6) is 0 Å². The summed E-state index contributed by atoms with van der Waals surface area (Å²) >= 11 is 0. The van der Waals surface area contributed by atoms with E-state index in [4.69, 9.17) is 11.5 Å². The van der Waals surface area contributed by atoms with Crippen molar-refractivity contribution in [3.8, 4) is 0 Å². The Morgan fingerprint density at radius 2 is 2.38 bits per heavy atom. The molecule has 1 aromatic rings. The first-order valence-electron chi connectivity index (χ1n) is 5.41. The molecule has 0 spiro atoms. The average Bonchev–Trinajstić information content (AvgIpc) is 2.77. The van der Waals surface area contributed by atoms with Crippen LogP contribution >= 0.6 is 0 Å². The third kappa shape index (κ3) is 2.14. The van der Waals surface area contributed by atoms with Crippen LogP contribution in [0.15, 0.2) is 18.3 Å². The Kier molecular flexibility index (Phi) is 3.05. The zero-order valence-corrected chi connectivity index (χ0v) is 9.10. The van der Waals surface area contributed by atoms with Crippen molar-refractivity contribution >= 4 is 11.7 Å². The first kappa shape index (κ1) is 10.9. The van der Waals surface area contributed by atoms with Gasteiger partial charge in [0.1, 0.15) is 5.82 Å². The summed E-state index contributed by atoms with van der Waals surface area (Å²) in [6, 6.07) is 3.54. The second-order valence-electron chi connectivity index (χ2n) is 4.11.